The summed E-state index contributed by atoms with van der Waals surface area (Å²) in [6, 6.07) is 8.22. The fraction of sp³-hybridized carbons (Fsp3) is 0.231. The van der Waals surface area contributed by atoms with Gasteiger partial charge in [0.05, 0.1) is 0 Å². The van der Waals surface area contributed by atoms with Crippen LogP contribution in [0.15, 0.2) is 30.5 Å². The van der Waals surface area contributed by atoms with Crippen molar-refractivity contribution in [1.82, 2.24) is 9.97 Å². The van der Waals surface area contributed by atoms with Crippen molar-refractivity contribution in [1.29, 1.82) is 0 Å². The van der Waals surface area contributed by atoms with Gasteiger partial charge in [-0.05, 0) is 17.0 Å². The number of rotatable bonds is 2. The standard InChI is InChI=1S/C13H16N4/c1-8(2)9-4-3-5-10(6-9)11-7-16-13(15)17-12(11)14/h3-8H,1-2H3,(H4,14,15,16,17). The molecule has 1 aromatic carbocycles. The van der Waals surface area contributed by atoms with Gasteiger partial charge in [-0.1, -0.05) is 38.1 Å². The van der Waals surface area contributed by atoms with Gasteiger partial charge in [0.2, 0.25) is 5.95 Å². The lowest BCUT2D eigenvalue weighted by atomic mass is 9.98. The van der Waals surface area contributed by atoms with Gasteiger partial charge in [0.15, 0.2) is 0 Å². The average molecular weight is 228 g/mol. The lowest BCUT2D eigenvalue weighted by molar-refractivity contribution is 0.867. The highest BCUT2D eigenvalue weighted by Gasteiger charge is 2.07. The molecule has 0 fully saturated rings. The first-order valence-corrected chi connectivity index (χ1v) is 5.56. The second-order valence-electron chi connectivity index (χ2n) is 4.31. The van der Waals surface area contributed by atoms with Crippen LogP contribution in [0.1, 0.15) is 25.3 Å². The Morgan fingerprint density at radius 1 is 1.18 bits per heavy atom. The molecule has 4 heteroatoms. The minimum absolute atomic E-state index is 0.200. The van der Waals surface area contributed by atoms with Crippen LogP contribution < -0.4 is 11.5 Å². The summed E-state index contributed by atoms with van der Waals surface area (Å²) in [4.78, 5) is 7.95. The van der Waals surface area contributed by atoms with Crippen molar-refractivity contribution < 1.29 is 0 Å². The number of aromatic nitrogens is 2. The molecule has 0 saturated carbocycles. The summed E-state index contributed by atoms with van der Waals surface area (Å²) in [5.74, 6) is 1.09. The second-order valence-corrected chi connectivity index (χ2v) is 4.31. The number of benzene rings is 1. The molecule has 0 aliphatic heterocycles. The SMILES string of the molecule is CC(C)c1cccc(-c2cnc(N)nc2N)c1. The molecule has 17 heavy (non-hydrogen) atoms. The topological polar surface area (TPSA) is 77.8 Å². The zero-order valence-corrected chi connectivity index (χ0v) is 10.0. The zero-order chi connectivity index (χ0) is 12.4. The van der Waals surface area contributed by atoms with E-state index in [1.54, 1.807) is 6.20 Å². The second kappa shape index (κ2) is 4.41. The molecule has 4 nitrogen and oxygen atoms in total. The third-order valence-corrected chi connectivity index (χ3v) is 2.70. The van der Waals surface area contributed by atoms with Crippen LogP contribution in [0.5, 0.6) is 0 Å². The summed E-state index contributed by atoms with van der Waals surface area (Å²) in [6.45, 7) is 4.31. The lowest BCUT2D eigenvalue weighted by Gasteiger charge is -2.09. The minimum atomic E-state index is 0.200. The molecule has 0 aliphatic rings. The van der Waals surface area contributed by atoms with Crippen LogP contribution in [-0.4, -0.2) is 9.97 Å². The molecular weight excluding hydrogens is 212 g/mol. The smallest absolute Gasteiger partial charge is 0.221 e. The first-order valence-electron chi connectivity index (χ1n) is 5.56. The molecule has 0 amide bonds. The highest BCUT2D eigenvalue weighted by atomic mass is 15.0. The zero-order valence-electron chi connectivity index (χ0n) is 10.0. The summed E-state index contributed by atoms with van der Waals surface area (Å²) in [5, 5.41) is 0. The van der Waals surface area contributed by atoms with Crippen LogP contribution in [-0.2, 0) is 0 Å². The predicted molar refractivity (Wildman–Crippen MR) is 70.4 cm³/mol. The minimum Gasteiger partial charge on any atom is -0.383 e. The maximum Gasteiger partial charge on any atom is 0.221 e. The maximum atomic E-state index is 5.85. The number of anilines is 2. The summed E-state index contributed by atoms with van der Waals surface area (Å²) in [7, 11) is 0. The average Bonchev–Trinajstić information content (AvgIpc) is 2.29. The quantitative estimate of drug-likeness (QED) is 0.827. The fourth-order valence-electron chi connectivity index (χ4n) is 1.70. The third-order valence-electron chi connectivity index (χ3n) is 2.70. The van der Waals surface area contributed by atoms with Crippen molar-refractivity contribution in [3.05, 3.63) is 36.0 Å². The molecule has 0 saturated heterocycles. The molecule has 0 atom stereocenters. The molecule has 0 radical (unpaired) electrons. The number of nitrogens with zero attached hydrogens (tertiary/aromatic N) is 2. The van der Waals surface area contributed by atoms with Crippen LogP contribution in [0, 0.1) is 0 Å². The Hall–Kier alpha value is -2.10. The van der Waals surface area contributed by atoms with E-state index in [9.17, 15) is 0 Å². The highest BCUT2D eigenvalue weighted by molar-refractivity contribution is 5.73. The molecular formula is C13H16N4. The van der Waals surface area contributed by atoms with E-state index < -0.39 is 0 Å². The summed E-state index contributed by atoms with van der Waals surface area (Å²) in [5.41, 5.74) is 14.4. The van der Waals surface area contributed by atoms with Crippen molar-refractivity contribution in [3.8, 4) is 11.1 Å². The van der Waals surface area contributed by atoms with E-state index in [2.05, 4.69) is 35.9 Å². The lowest BCUT2D eigenvalue weighted by Crippen LogP contribution is -2.01. The number of hydrogen-bond acceptors (Lipinski definition) is 4. The van der Waals surface area contributed by atoms with Gasteiger partial charge in [-0.25, -0.2) is 4.98 Å². The Morgan fingerprint density at radius 3 is 2.59 bits per heavy atom. The van der Waals surface area contributed by atoms with Crippen LogP contribution in [0.25, 0.3) is 11.1 Å². The van der Waals surface area contributed by atoms with Crippen molar-refractivity contribution in [2.45, 2.75) is 19.8 Å². The number of nitrogen functional groups attached to an aromatic ring is 2. The Bertz CT molecular complexity index is 535. The normalized spacial score (nSPS) is 10.8. The summed E-state index contributed by atoms with van der Waals surface area (Å²) in [6.07, 6.45) is 1.66. The van der Waals surface area contributed by atoms with Gasteiger partial charge in [0.1, 0.15) is 5.82 Å². The molecule has 2 rings (SSSR count). The van der Waals surface area contributed by atoms with E-state index in [0.717, 1.165) is 11.1 Å². The number of hydrogen-bond donors (Lipinski definition) is 2. The molecule has 0 bridgehead atoms. The first-order chi connectivity index (χ1) is 8.08. The van der Waals surface area contributed by atoms with Crippen molar-refractivity contribution in [3.63, 3.8) is 0 Å². The van der Waals surface area contributed by atoms with Gasteiger partial charge in [0, 0.05) is 11.8 Å². The Kier molecular flexibility index (Phi) is 2.95. The molecule has 0 unspecified atom stereocenters. The van der Waals surface area contributed by atoms with Crippen LogP contribution in [0.3, 0.4) is 0 Å². The Labute approximate surface area is 101 Å². The first kappa shape index (κ1) is 11.4. The van der Waals surface area contributed by atoms with E-state index in [1.165, 1.54) is 5.56 Å². The molecule has 1 aromatic heterocycles. The van der Waals surface area contributed by atoms with E-state index in [1.807, 2.05) is 12.1 Å². The molecule has 0 aliphatic carbocycles. The van der Waals surface area contributed by atoms with Gasteiger partial charge < -0.3 is 11.5 Å². The Balaban J connectivity index is 2.49. The molecule has 0 spiro atoms. The van der Waals surface area contributed by atoms with Crippen molar-refractivity contribution >= 4 is 11.8 Å². The van der Waals surface area contributed by atoms with Crippen LogP contribution in [0.2, 0.25) is 0 Å². The van der Waals surface area contributed by atoms with Gasteiger partial charge in [-0.15, -0.1) is 0 Å². The van der Waals surface area contributed by atoms with E-state index in [4.69, 9.17) is 11.5 Å². The maximum absolute atomic E-state index is 5.85. The molecule has 4 N–H and O–H groups in total. The molecule has 1 heterocycles. The fourth-order valence-corrected chi connectivity index (χ4v) is 1.70. The van der Waals surface area contributed by atoms with E-state index >= 15 is 0 Å². The highest BCUT2D eigenvalue weighted by Crippen LogP contribution is 2.26. The largest absolute Gasteiger partial charge is 0.383 e. The van der Waals surface area contributed by atoms with Crippen LogP contribution >= 0.6 is 0 Å². The van der Waals surface area contributed by atoms with Crippen molar-refractivity contribution in [2.24, 2.45) is 0 Å². The molecule has 2 aromatic rings. The van der Waals surface area contributed by atoms with Gasteiger partial charge in [-0.3, -0.25) is 0 Å². The van der Waals surface area contributed by atoms with E-state index in [0.29, 0.717) is 11.7 Å². The van der Waals surface area contributed by atoms with Gasteiger partial charge in [-0.2, -0.15) is 4.98 Å². The predicted octanol–water partition coefficient (Wildman–Crippen LogP) is 2.43. The molecule has 88 valence electrons. The van der Waals surface area contributed by atoms with Gasteiger partial charge in [0.25, 0.3) is 0 Å². The van der Waals surface area contributed by atoms with Crippen molar-refractivity contribution in [2.75, 3.05) is 11.5 Å². The van der Waals surface area contributed by atoms with Crippen LogP contribution in [0.4, 0.5) is 11.8 Å². The van der Waals surface area contributed by atoms with Gasteiger partial charge >= 0.3 is 0 Å². The Morgan fingerprint density at radius 2 is 1.94 bits per heavy atom. The monoisotopic (exact) mass is 228 g/mol. The summed E-state index contributed by atoms with van der Waals surface area (Å²) < 4.78 is 0. The number of nitrogens with two attached hydrogens (primary N) is 2. The third kappa shape index (κ3) is 2.36. The summed E-state index contributed by atoms with van der Waals surface area (Å²) >= 11 is 0. The van der Waals surface area contributed by atoms with E-state index in [-0.39, 0.29) is 5.95 Å².